The predicted octanol–water partition coefficient (Wildman–Crippen LogP) is 0.337. The molecule has 0 aliphatic carbocycles. The third-order valence-corrected chi connectivity index (χ3v) is 3.26. The lowest BCUT2D eigenvalue weighted by Gasteiger charge is -2.32. The fraction of sp³-hybridized carbons (Fsp3) is 0.909. The first-order chi connectivity index (χ1) is 7.19. The lowest BCUT2D eigenvalue weighted by Crippen LogP contribution is -2.40. The molecule has 1 N–H and O–H groups in total. The van der Waals surface area contributed by atoms with E-state index in [0.29, 0.717) is 5.92 Å². The van der Waals surface area contributed by atoms with E-state index in [2.05, 4.69) is 17.3 Å². The second-order valence-corrected chi connectivity index (χ2v) is 4.33. The van der Waals surface area contributed by atoms with Crippen molar-refractivity contribution >= 4 is 5.97 Å². The van der Waals surface area contributed by atoms with Crippen molar-refractivity contribution in [3.8, 4) is 0 Å². The van der Waals surface area contributed by atoms with Crippen molar-refractivity contribution in [3.63, 3.8) is 0 Å². The van der Waals surface area contributed by atoms with Gasteiger partial charge >= 0.3 is 5.97 Å². The smallest absolute Gasteiger partial charge is 0.310 e. The average molecular weight is 214 g/mol. The molecule has 4 heteroatoms. The highest BCUT2D eigenvalue weighted by atomic mass is 16.5. The molecule has 4 nitrogen and oxygen atoms in total. The van der Waals surface area contributed by atoms with Gasteiger partial charge in [-0.3, -0.25) is 4.79 Å². The summed E-state index contributed by atoms with van der Waals surface area (Å²) in [4.78, 5) is 13.9. The fourth-order valence-corrected chi connectivity index (χ4v) is 2.24. The molecule has 0 aromatic heterocycles. The van der Waals surface area contributed by atoms with E-state index in [1.165, 1.54) is 7.11 Å². The SMILES string of the molecule is CNCC(C(=O)OC)C1CCN(C)CC1. The molecule has 0 spiro atoms. The normalized spacial score (nSPS) is 21.3. The molecule has 1 unspecified atom stereocenters. The number of likely N-dealkylation sites (tertiary alicyclic amines) is 1. The minimum Gasteiger partial charge on any atom is -0.469 e. The van der Waals surface area contributed by atoms with Gasteiger partial charge in [-0.1, -0.05) is 0 Å². The summed E-state index contributed by atoms with van der Waals surface area (Å²) in [5, 5.41) is 3.08. The van der Waals surface area contributed by atoms with E-state index in [-0.39, 0.29) is 11.9 Å². The van der Waals surface area contributed by atoms with Crippen LogP contribution in [-0.2, 0) is 9.53 Å². The zero-order valence-corrected chi connectivity index (χ0v) is 9.95. The molecule has 0 radical (unpaired) electrons. The third-order valence-electron chi connectivity index (χ3n) is 3.26. The molecule has 0 amide bonds. The first kappa shape index (κ1) is 12.5. The monoisotopic (exact) mass is 214 g/mol. The lowest BCUT2D eigenvalue weighted by atomic mass is 9.84. The van der Waals surface area contributed by atoms with Crippen molar-refractivity contribution in [1.29, 1.82) is 0 Å². The summed E-state index contributed by atoms with van der Waals surface area (Å²) in [7, 11) is 5.48. The van der Waals surface area contributed by atoms with Crippen LogP contribution in [0.2, 0.25) is 0 Å². The van der Waals surface area contributed by atoms with Gasteiger partial charge in [0.05, 0.1) is 13.0 Å². The number of esters is 1. The second-order valence-electron chi connectivity index (χ2n) is 4.33. The first-order valence-corrected chi connectivity index (χ1v) is 5.60. The number of ether oxygens (including phenoxy) is 1. The molecule has 1 aliphatic heterocycles. The lowest BCUT2D eigenvalue weighted by molar-refractivity contribution is -0.147. The number of carbonyl (C=O) groups is 1. The molecule has 88 valence electrons. The summed E-state index contributed by atoms with van der Waals surface area (Å²) in [5.74, 6) is 0.425. The number of nitrogens with zero attached hydrogens (tertiary/aromatic N) is 1. The van der Waals surface area contributed by atoms with Crippen molar-refractivity contribution in [2.75, 3.05) is 40.8 Å². The van der Waals surface area contributed by atoms with Gasteiger partial charge in [0.2, 0.25) is 0 Å². The Morgan fingerprint density at radius 2 is 2.13 bits per heavy atom. The Morgan fingerprint density at radius 1 is 1.53 bits per heavy atom. The van der Waals surface area contributed by atoms with Crippen LogP contribution in [0.3, 0.4) is 0 Å². The summed E-state index contributed by atoms with van der Waals surface area (Å²) < 4.78 is 4.85. The highest BCUT2D eigenvalue weighted by Crippen LogP contribution is 2.25. The number of carbonyl (C=O) groups excluding carboxylic acids is 1. The number of nitrogens with one attached hydrogen (secondary N) is 1. The Morgan fingerprint density at radius 3 is 2.60 bits per heavy atom. The van der Waals surface area contributed by atoms with Crippen molar-refractivity contribution in [2.24, 2.45) is 11.8 Å². The summed E-state index contributed by atoms with van der Waals surface area (Å²) in [5.41, 5.74) is 0. The van der Waals surface area contributed by atoms with E-state index in [1.807, 2.05) is 7.05 Å². The molecule has 0 aromatic rings. The van der Waals surface area contributed by atoms with E-state index < -0.39 is 0 Å². The topological polar surface area (TPSA) is 41.6 Å². The Balaban J connectivity index is 2.51. The molecule has 0 saturated carbocycles. The van der Waals surface area contributed by atoms with Crippen LogP contribution < -0.4 is 5.32 Å². The van der Waals surface area contributed by atoms with Gasteiger partial charge in [0.25, 0.3) is 0 Å². The van der Waals surface area contributed by atoms with E-state index in [1.54, 1.807) is 0 Å². The molecule has 1 heterocycles. The number of hydrogen-bond donors (Lipinski definition) is 1. The molecule has 1 saturated heterocycles. The third kappa shape index (κ3) is 3.47. The van der Waals surface area contributed by atoms with Gasteiger partial charge in [-0.05, 0) is 45.9 Å². The number of hydrogen-bond acceptors (Lipinski definition) is 4. The van der Waals surface area contributed by atoms with E-state index in [0.717, 1.165) is 32.5 Å². The van der Waals surface area contributed by atoms with Crippen molar-refractivity contribution in [3.05, 3.63) is 0 Å². The average Bonchev–Trinajstić information content (AvgIpc) is 2.26. The molecular weight excluding hydrogens is 192 g/mol. The van der Waals surface area contributed by atoms with Gasteiger partial charge in [0.1, 0.15) is 0 Å². The molecule has 1 rings (SSSR count). The minimum absolute atomic E-state index is 0.0219. The maximum Gasteiger partial charge on any atom is 0.310 e. The van der Waals surface area contributed by atoms with Crippen LogP contribution in [0.5, 0.6) is 0 Å². The highest BCUT2D eigenvalue weighted by Gasteiger charge is 2.30. The van der Waals surface area contributed by atoms with Crippen molar-refractivity contribution in [2.45, 2.75) is 12.8 Å². The number of methoxy groups -OCH3 is 1. The number of piperidine rings is 1. The summed E-state index contributed by atoms with van der Waals surface area (Å²) in [6.45, 7) is 2.89. The van der Waals surface area contributed by atoms with Crippen LogP contribution in [0.1, 0.15) is 12.8 Å². The minimum atomic E-state index is -0.0705. The standard InChI is InChI=1S/C11H22N2O2/c1-12-8-10(11(14)15-3)9-4-6-13(2)7-5-9/h9-10,12H,4-8H2,1-3H3. The van der Waals surface area contributed by atoms with E-state index in [4.69, 9.17) is 4.74 Å². The summed E-state index contributed by atoms with van der Waals surface area (Å²) >= 11 is 0. The van der Waals surface area contributed by atoms with Gasteiger partial charge in [0.15, 0.2) is 0 Å². The Kier molecular flexibility index (Phi) is 5.05. The Hall–Kier alpha value is -0.610. The predicted molar refractivity (Wildman–Crippen MR) is 59.7 cm³/mol. The van der Waals surface area contributed by atoms with E-state index in [9.17, 15) is 4.79 Å². The number of rotatable bonds is 4. The first-order valence-electron chi connectivity index (χ1n) is 5.60. The molecule has 0 bridgehead atoms. The van der Waals surface area contributed by atoms with Crippen LogP contribution in [0.15, 0.2) is 0 Å². The highest BCUT2D eigenvalue weighted by molar-refractivity contribution is 5.72. The molecule has 15 heavy (non-hydrogen) atoms. The van der Waals surface area contributed by atoms with Crippen LogP contribution in [-0.4, -0.2) is 51.7 Å². The zero-order valence-electron chi connectivity index (χ0n) is 9.95. The van der Waals surface area contributed by atoms with Gasteiger partial charge < -0.3 is 15.0 Å². The Bertz CT molecular complexity index is 201. The molecule has 0 aromatic carbocycles. The van der Waals surface area contributed by atoms with Crippen LogP contribution in [0, 0.1) is 11.8 Å². The molecular formula is C11H22N2O2. The Labute approximate surface area is 92.0 Å². The van der Waals surface area contributed by atoms with Crippen molar-refractivity contribution < 1.29 is 9.53 Å². The summed E-state index contributed by atoms with van der Waals surface area (Å²) in [6.07, 6.45) is 2.19. The van der Waals surface area contributed by atoms with Gasteiger partial charge in [-0.15, -0.1) is 0 Å². The van der Waals surface area contributed by atoms with Crippen LogP contribution >= 0.6 is 0 Å². The second kappa shape index (κ2) is 6.08. The molecule has 1 fully saturated rings. The molecule has 1 atom stereocenters. The van der Waals surface area contributed by atoms with Gasteiger partial charge in [0, 0.05) is 6.54 Å². The maximum atomic E-state index is 11.6. The quantitative estimate of drug-likeness (QED) is 0.685. The van der Waals surface area contributed by atoms with Gasteiger partial charge in [-0.25, -0.2) is 0 Å². The maximum absolute atomic E-state index is 11.6. The van der Waals surface area contributed by atoms with Crippen LogP contribution in [0.25, 0.3) is 0 Å². The van der Waals surface area contributed by atoms with Crippen LogP contribution in [0.4, 0.5) is 0 Å². The largest absolute Gasteiger partial charge is 0.469 e. The fourth-order valence-electron chi connectivity index (χ4n) is 2.24. The molecule has 1 aliphatic rings. The summed E-state index contributed by atoms with van der Waals surface area (Å²) in [6, 6.07) is 0. The van der Waals surface area contributed by atoms with Crippen molar-refractivity contribution in [1.82, 2.24) is 10.2 Å². The van der Waals surface area contributed by atoms with Gasteiger partial charge in [-0.2, -0.15) is 0 Å². The van der Waals surface area contributed by atoms with E-state index >= 15 is 0 Å². The zero-order chi connectivity index (χ0) is 11.3.